The average Bonchev–Trinajstić information content (AvgIpc) is 2.79. The normalized spacial score (nSPS) is 16.9. The molecular weight excluding hydrogens is 392 g/mol. The Morgan fingerprint density at radius 2 is 1.84 bits per heavy atom. The first-order valence-corrected chi connectivity index (χ1v) is 11.0. The number of piperidine rings is 1. The lowest BCUT2D eigenvalue weighted by Crippen LogP contribution is -2.45. The lowest BCUT2D eigenvalue weighted by molar-refractivity contribution is 0.0927. The number of hydrogen-bond donors (Lipinski definition) is 2. The molecular formula is C23H26N6O2. The molecule has 3 heterocycles. The van der Waals surface area contributed by atoms with E-state index < -0.39 is 0 Å². The van der Waals surface area contributed by atoms with Crippen molar-refractivity contribution in [1.29, 1.82) is 0 Å². The number of carbonyl (C=O) groups excluding carboxylic acids is 1. The summed E-state index contributed by atoms with van der Waals surface area (Å²) in [6.07, 6.45) is 6.16. The second-order valence-electron chi connectivity index (χ2n) is 8.41. The number of anilines is 1. The van der Waals surface area contributed by atoms with Crippen molar-refractivity contribution in [1.82, 2.24) is 25.5 Å². The predicted octanol–water partition coefficient (Wildman–Crippen LogP) is 2.30. The summed E-state index contributed by atoms with van der Waals surface area (Å²) >= 11 is 0. The highest BCUT2D eigenvalue weighted by Crippen LogP contribution is 2.29. The van der Waals surface area contributed by atoms with Gasteiger partial charge in [0.05, 0.1) is 5.39 Å². The molecule has 3 aromatic rings. The molecule has 2 aliphatic rings. The van der Waals surface area contributed by atoms with Crippen LogP contribution in [0.1, 0.15) is 53.3 Å². The van der Waals surface area contributed by atoms with Crippen LogP contribution in [0, 0.1) is 6.92 Å². The standard InChI is InChI=1S/C23H26N6O2/c1-14-24-19-9-5-4-8-18(19)21(25-14)29-12-10-15(11-13-29)26-23(31)20-16-6-2-3-7-17(16)22(30)28-27-20/h2-3,6-7,15H,4-5,8-13H2,1H3,(H,26,31)(H,28,30). The van der Waals surface area contributed by atoms with Gasteiger partial charge in [-0.05, 0) is 51.5 Å². The molecule has 1 saturated heterocycles. The van der Waals surface area contributed by atoms with Crippen molar-refractivity contribution < 1.29 is 4.79 Å². The third-order valence-electron chi connectivity index (χ3n) is 6.31. The van der Waals surface area contributed by atoms with E-state index in [0.717, 1.165) is 50.4 Å². The van der Waals surface area contributed by atoms with Crippen LogP contribution in [0.25, 0.3) is 10.8 Å². The molecule has 1 aromatic carbocycles. The minimum absolute atomic E-state index is 0.0648. The molecule has 8 heteroatoms. The SMILES string of the molecule is Cc1nc2c(c(N3CCC(NC(=O)c4n[nH]c(=O)c5ccccc45)CC3)n1)CCCC2. The Hall–Kier alpha value is -3.29. The van der Waals surface area contributed by atoms with E-state index in [9.17, 15) is 9.59 Å². The minimum atomic E-state index is -0.288. The Kier molecular flexibility index (Phi) is 5.13. The first-order valence-electron chi connectivity index (χ1n) is 11.0. The molecule has 5 rings (SSSR count). The van der Waals surface area contributed by atoms with Crippen molar-refractivity contribution in [2.24, 2.45) is 0 Å². The molecule has 0 bridgehead atoms. The number of amides is 1. The molecule has 1 amide bonds. The monoisotopic (exact) mass is 418 g/mol. The van der Waals surface area contributed by atoms with Gasteiger partial charge in [0, 0.05) is 35.8 Å². The molecule has 1 fully saturated rings. The first-order chi connectivity index (χ1) is 15.1. The quantitative estimate of drug-likeness (QED) is 0.676. The number of hydrogen-bond acceptors (Lipinski definition) is 6. The predicted molar refractivity (Wildman–Crippen MR) is 118 cm³/mol. The van der Waals surface area contributed by atoms with Crippen molar-refractivity contribution in [2.45, 2.75) is 51.5 Å². The topological polar surface area (TPSA) is 104 Å². The van der Waals surface area contributed by atoms with E-state index in [1.807, 2.05) is 13.0 Å². The number of aromatic nitrogens is 4. The summed E-state index contributed by atoms with van der Waals surface area (Å²) in [6, 6.07) is 7.12. The largest absolute Gasteiger partial charge is 0.356 e. The smallest absolute Gasteiger partial charge is 0.272 e. The van der Waals surface area contributed by atoms with Crippen LogP contribution in [0.5, 0.6) is 0 Å². The number of nitrogens with one attached hydrogen (secondary N) is 2. The number of nitrogens with zero attached hydrogens (tertiary/aromatic N) is 4. The molecule has 2 aromatic heterocycles. The second kappa shape index (κ2) is 8.09. The lowest BCUT2D eigenvalue weighted by Gasteiger charge is -2.35. The van der Waals surface area contributed by atoms with E-state index >= 15 is 0 Å². The van der Waals surface area contributed by atoms with Crippen molar-refractivity contribution in [3.05, 3.63) is 57.4 Å². The van der Waals surface area contributed by atoms with Gasteiger partial charge < -0.3 is 10.2 Å². The van der Waals surface area contributed by atoms with Gasteiger partial charge in [0.15, 0.2) is 5.69 Å². The van der Waals surface area contributed by atoms with E-state index in [1.165, 1.54) is 24.1 Å². The Morgan fingerprint density at radius 1 is 1.10 bits per heavy atom. The first kappa shape index (κ1) is 19.7. The molecule has 2 N–H and O–H groups in total. The molecule has 0 atom stereocenters. The van der Waals surface area contributed by atoms with Gasteiger partial charge in [0.1, 0.15) is 11.6 Å². The number of H-pyrrole nitrogens is 1. The van der Waals surface area contributed by atoms with Crippen LogP contribution in [0.2, 0.25) is 0 Å². The maximum absolute atomic E-state index is 12.9. The summed E-state index contributed by atoms with van der Waals surface area (Å²) in [5.74, 6) is 1.67. The number of aromatic amines is 1. The maximum Gasteiger partial charge on any atom is 0.272 e. The summed E-state index contributed by atoms with van der Waals surface area (Å²) in [7, 11) is 0. The molecule has 1 aliphatic heterocycles. The Balaban J connectivity index is 1.29. The third kappa shape index (κ3) is 3.78. The summed E-state index contributed by atoms with van der Waals surface area (Å²) < 4.78 is 0. The zero-order chi connectivity index (χ0) is 21.4. The maximum atomic E-state index is 12.9. The van der Waals surface area contributed by atoms with Crippen LogP contribution < -0.4 is 15.8 Å². The van der Waals surface area contributed by atoms with E-state index in [1.54, 1.807) is 18.2 Å². The molecule has 8 nitrogen and oxygen atoms in total. The van der Waals surface area contributed by atoms with Gasteiger partial charge in [-0.2, -0.15) is 5.10 Å². The van der Waals surface area contributed by atoms with Crippen LogP contribution in [0.4, 0.5) is 5.82 Å². The van der Waals surface area contributed by atoms with Crippen molar-refractivity contribution in [3.63, 3.8) is 0 Å². The van der Waals surface area contributed by atoms with Crippen molar-refractivity contribution in [2.75, 3.05) is 18.0 Å². The van der Waals surface area contributed by atoms with Gasteiger partial charge in [0.2, 0.25) is 0 Å². The molecule has 0 saturated carbocycles. The van der Waals surface area contributed by atoms with E-state index in [-0.39, 0.29) is 23.2 Å². The highest BCUT2D eigenvalue weighted by Gasteiger charge is 2.27. The van der Waals surface area contributed by atoms with Crippen LogP contribution >= 0.6 is 0 Å². The zero-order valence-electron chi connectivity index (χ0n) is 17.6. The Labute approximate surface area is 180 Å². The van der Waals surface area contributed by atoms with Gasteiger partial charge in [0.25, 0.3) is 11.5 Å². The zero-order valence-corrected chi connectivity index (χ0v) is 17.6. The highest BCUT2D eigenvalue weighted by atomic mass is 16.2. The summed E-state index contributed by atoms with van der Waals surface area (Å²) in [5, 5.41) is 10.6. The number of fused-ring (bicyclic) bond motifs is 2. The van der Waals surface area contributed by atoms with Gasteiger partial charge in [-0.1, -0.05) is 18.2 Å². The fraction of sp³-hybridized carbons (Fsp3) is 0.435. The second-order valence-corrected chi connectivity index (χ2v) is 8.41. The summed E-state index contributed by atoms with van der Waals surface area (Å²) in [6.45, 7) is 3.65. The van der Waals surface area contributed by atoms with E-state index in [0.29, 0.717) is 10.8 Å². The van der Waals surface area contributed by atoms with E-state index in [4.69, 9.17) is 4.98 Å². The Bertz CT molecular complexity index is 1200. The number of aryl methyl sites for hydroxylation is 2. The van der Waals surface area contributed by atoms with Crippen molar-refractivity contribution in [3.8, 4) is 0 Å². The Morgan fingerprint density at radius 3 is 2.65 bits per heavy atom. The average molecular weight is 419 g/mol. The summed E-state index contributed by atoms with van der Waals surface area (Å²) in [4.78, 5) is 36.6. The fourth-order valence-corrected chi connectivity index (χ4v) is 4.73. The van der Waals surface area contributed by atoms with Gasteiger partial charge in [-0.25, -0.2) is 15.1 Å². The van der Waals surface area contributed by atoms with Gasteiger partial charge >= 0.3 is 0 Å². The van der Waals surface area contributed by atoms with Crippen LogP contribution in [-0.4, -0.2) is 45.2 Å². The molecule has 31 heavy (non-hydrogen) atoms. The van der Waals surface area contributed by atoms with Crippen molar-refractivity contribution >= 4 is 22.5 Å². The molecule has 0 spiro atoms. The highest BCUT2D eigenvalue weighted by molar-refractivity contribution is 6.04. The lowest BCUT2D eigenvalue weighted by atomic mass is 9.95. The molecule has 0 unspecified atom stereocenters. The van der Waals surface area contributed by atoms with Crippen LogP contribution in [0.3, 0.4) is 0 Å². The minimum Gasteiger partial charge on any atom is -0.356 e. The number of carbonyl (C=O) groups is 1. The fourth-order valence-electron chi connectivity index (χ4n) is 4.73. The molecule has 160 valence electrons. The van der Waals surface area contributed by atoms with Crippen LogP contribution in [-0.2, 0) is 12.8 Å². The van der Waals surface area contributed by atoms with E-state index in [2.05, 4.69) is 25.4 Å². The van der Waals surface area contributed by atoms with Crippen LogP contribution in [0.15, 0.2) is 29.1 Å². The number of benzene rings is 1. The third-order valence-corrected chi connectivity index (χ3v) is 6.31. The molecule has 0 radical (unpaired) electrons. The van der Waals surface area contributed by atoms with Gasteiger partial charge in [-0.3, -0.25) is 9.59 Å². The summed E-state index contributed by atoms with van der Waals surface area (Å²) in [5.41, 5.74) is 2.49. The number of rotatable bonds is 3. The van der Waals surface area contributed by atoms with Gasteiger partial charge in [-0.15, -0.1) is 0 Å². The molecule has 1 aliphatic carbocycles.